The number of ether oxygens (including phenoxy) is 1. The van der Waals surface area contributed by atoms with Gasteiger partial charge in [0.25, 0.3) is 0 Å². The van der Waals surface area contributed by atoms with E-state index >= 15 is 0 Å². The molecule has 3 heteroatoms. The normalized spacial score (nSPS) is 22.8. The fourth-order valence-electron chi connectivity index (χ4n) is 2.56. The molecule has 0 spiro atoms. The molecular formula is C17H27NO2. The van der Waals surface area contributed by atoms with Gasteiger partial charge < -0.3 is 14.7 Å². The quantitative estimate of drug-likeness (QED) is 0.919. The molecule has 0 amide bonds. The highest BCUT2D eigenvalue weighted by Crippen LogP contribution is 2.23. The molecule has 1 saturated heterocycles. The average molecular weight is 277 g/mol. The van der Waals surface area contributed by atoms with Crippen molar-refractivity contribution < 1.29 is 9.84 Å². The lowest BCUT2D eigenvalue weighted by molar-refractivity contribution is -0.0823. The van der Waals surface area contributed by atoms with Gasteiger partial charge in [0.05, 0.1) is 18.8 Å². The predicted octanol–water partition coefficient (Wildman–Crippen LogP) is 2.22. The second-order valence-corrected chi connectivity index (χ2v) is 6.89. The van der Waals surface area contributed by atoms with Gasteiger partial charge in [0.15, 0.2) is 0 Å². The standard InChI is InChI=1S/C17H27NO2/c1-17(2,3)14-7-5-13(6-8-14)11-15(19)16-12-18(4)9-10-20-16/h5-8,15-16,19H,9-12H2,1-4H3. The Balaban J connectivity index is 1.95. The molecule has 1 aromatic carbocycles. The summed E-state index contributed by atoms with van der Waals surface area (Å²) in [5, 5.41) is 10.3. The van der Waals surface area contributed by atoms with Crippen LogP contribution in [0.15, 0.2) is 24.3 Å². The molecule has 1 aliphatic rings. The topological polar surface area (TPSA) is 32.7 Å². The van der Waals surface area contributed by atoms with Crippen LogP contribution in [0.2, 0.25) is 0 Å². The van der Waals surface area contributed by atoms with Crippen LogP contribution in [0.3, 0.4) is 0 Å². The second-order valence-electron chi connectivity index (χ2n) is 6.89. The summed E-state index contributed by atoms with van der Waals surface area (Å²) in [6.07, 6.45) is 0.150. The number of morpholine rings is 1. The first-order valence-corrected chi connectivity index (χ1v) is 7.44. The first kappa shape index (κ1) is 15.5. The Labute approximate surface area is 122 Å². The Bertz CT molecular complexity index is 422. The van der Waals surface area contributed by atoms with Gasteiger partial charge in [-0.05, 0) is 23.6 Å². The summed E-state index contributed by atoms with van der Waals surface area (Å²) in [6.45, 7) is 9.10. The molecule has 0 aromatic heterocycles. The largest absolute Gasteiger partial charge is 0.390 e. The van der Waals surface area contributed by atoms with E-state index in [1.54, 1.807) is 0 Å². The third-order valence-corrected chi connectivity index (χ3v) is 3.99. The van der Waals surface area contributed by atoms with Crippen LogP contribution in [0.1, 0.15) is 31.9 Å². The molecule has 2 unspecified atom stereocenters. The van der Waals surface area contributed by atoms with E-state index in [-0.39, 0.29) is 11.5 Å². The van der Waals surface area contributed by atoms with Gasteiger partial charge >= 0.3 is 0 Å². The maximum Gasteiger partial charge on any atom is 0.0964 e. The lowest BCUT2D eigenvalue weighted by Crippen LogP contribution is -2.46. The minimum absolute atomic E-state index is 0.0731. The van der Waals surface area contributed by atoms with Crippen molar-refractivity contribution in [2.75, 3.05) is 26.7 Å². The van der Waals surface area contributed by atoms with Gasteiger partial charge in [0.2, 0.25) is 0 Å². The Kier molecular flexibility index (Phi) is 4.84. The molecule has 1 aliphatic heterocycles. The number of benzene rings is 1. The molecule has 1 N–H and O–H groups in total. The lowest BCUT2D eigenvalue weighted by Gasteiger charge is -2.33. The highest BCUT2D eigenvalue weighted by molar-refractivity contribution is 5.28. The third-order valence-electron chi connectivity index (χ3n) is 3.99. The first-order valence-electron chi connectivity index (χ1n) is 7.44. The van der Waals surface area contributed by atoms with Crippen LogP contribution in [0.4, 0.5) is 0 Å². The van der Waals surface area contributed by atoms with Crippen molar-refractivity contribution in [1.82, 2.24) is 4.90 Å². The highest BCUT2D eigenvalue weighted by atomic mass is 16.5. The summed E-state index contributed by atoms with van der Waals surface area (Å²) in [5.74, 6) is 0. The summed E-state index contributed by atoms with van der Waals surface area (Å²) < 4.78 is 5.67. The van der Waals surface area contributed by atoms with Gasteiger partial charge in [-0.3, -0.25) is 0 Å². The lowest BCUT2D eigenvalue weighted by atomic mass is 9.86. The molecule has 1 aromatic rings. The van der Waals surface area contributed by atoms with Crippen molar-refractivity contribution in [3.05, 3.63) is 35.4 Å². The zero-order chi connectivity index (χ0) is 14.8. The SMILES string of the molecule is CN1CCOC(C(O)Cc2ccc(C(C)(C)C)cc2)C1. The Hall–Kier alpha value is -0.900. The van der Waals surface area contributed by atoms with Crippen LogP contribution in [-0.2, 0) is 16.6 Å². The fraction of sp³-hybridized carbons (Fsp3) is 0.647. The Morgan fingerprint density at radius 1 is 1.30 bits per heavy atom. The fourth-order valence-corrected chi connectivity index (χ4v) is 2.56. The number of aliphatic hydroxyl groups excluding tert-OH is 1. The molecule has 0 bridgehead atoms. The maximum atomic E-state index is 10.3. The Morgan fingerprint density at radius 2 is 1.95 bits per heavy atom. The second kappa shape index (κ2) is 6.25. The molecule has 3 nitrogen and oxygen atoms in total. The number of hydrogen-bond donors (Lipinski definition) is 1. The molecule has 1 fully saturated rings. The summed E-state index contributed by atoms with van der Waals surface area (Å²) in [5.41, 5.74) is 2.67. The van der Waals surface area contributed by atoms with Crippen molar-refractivity contribution in [3.63, 3.8) is 0 Å². The number of rotatable bonds is 3. The molecule has 0 aliphatic carbocycles. The van der Waals surface area contributed by atoms with Crippen LogP contribution < -0.4 is 0 Å². The van der Waals surface area contributed by atoms with Crippen molar-refractivity contribution >= 4 is 0 Å². The minimum Gasteiger partial charge on any atom is -0.390 e. The predicted molar refractivity (Wildman–Crippen MR) is 82.1 cm³/mol. The van der Waals surface area contributed by atoms with E-state index in [2.05, 4.69) is 57.0 Å². The summed E-state index contributed by atoms with van der Waals surface area (Å²) in [4.78, 5) is 2.21. The van der Waals surface area contributed by atoms with Gasteiger partial charge in [-0.25, -0.2) is 0 Å². The third kappa shape index (κ3) is 4.05. The summed E-state index contributed by atoms with van der Waals surface area (Å²) in [6, 6.07) is 8.57. The van der Waals surface area contributed by atoms with Crippen LogP contribution in [0.25, 0.3) is 0 Å². The van der Waals surface area contributed by atoms with Gasteiger partial charge in [0, 0.05) is 19.5 Å². The van der Waals surface area contributed by atoms with Crippen LogP contribution in [0, 0.1) is 0 Å². The van der Waals surface area contributed by atoms with E-state index in [0.717, 1.165) is 13.1 Å². The number of nitrogens with zero attached hydrogens (tertiary/aromatic N) is 1. The van der Waals surface area contributed by atoms with E-state index in [0.29, 0.717) is 13.0 Å². The molecular weight excluding hydrogens is 250 g/mol. The van der Waals surface area contributed by atoms with E-state index in [1.807, 2.05) is 0 Å². The van der Waals surface area contributed by atoms with E-state index in [1.165, 1.54) is 11.1 Å². The first-order chi connectivity index (χ1) is 9.36. The molecule has 1 heterocycles. The van der Waals surface area contributed by atoms with Crippen molar-refractivity contribution in [1.29, 1.82) is 0 Å². The highest BCUT2D eigenvalue weighted by Gasteiger charge is 2.25. The van der Waals surface area contributed by atoms with Crippen LogP contribution >= 0.6 is 0 Å². The molecule has 20 heavy (non-hydrogen) atoms. The number of aliphatic hydroxyl groups is 1. The molecule has 2 atom stereocenters. The van der Waals surface area contributed by atoms with Crippen LogP contribution in [0.5, 0.6) is 0 Å². The number of likely N-dealkylation sites (N-methyl/N-ethyl adjacent to an activating group) is 1. The molecule has 2 rings (SSSR count). The maximum absolute atomic E-state index is 10.3. The molecule has 112 valence electrons. The van der Waals surface area contributed by atoms with E-state index < -0.39 is 6.10 Å². The molecule has 0 radical (unpaired) electrons. The Morgan fingerprint density at radius 3 is 2.50 bits per heavy atom. The minimum atomic E-state index is -0.432. The van der Waals surface area contributed by atoms with Crippen molar-refractivity contribution in [2.45, 2.75) is 44.8 Å². The van der Waals surface area contributed by atoms with E-state index in [9.17, 15) is 5.11 Å². The monoisotopic (exact) mass is 277 g/mol. The van der Waals surface area contributed by atoms with E-state index in [4.69, 9.17) is 4.74 Å². The summed E-state index contributed by atoms with van der Waals surface area (Å²) in [7, 11) is 2.07. The summed E-state index contributed by atoms with van der Waals surface area (Å²) >= 11 is 0. The molecule has 0 saturated carbocycles. The van der Waals surface area contributed by atoms with Crippen molar-refractivity contribution in [2.24, 2.45) is 0 Å². The van der Waals surface area contributed by atoms with Gasteiger partial charge in [-0.2, -0.15) is 0 Å². The average Bonchev–Trinajstić information content (AvgIpc) is 2.38. The van der Waals surface area contributed by atoms with Crippen molar-refractivity contribution in [3.8, 4) is 0 Å². The van der Waals surface area contributed by atoms with Gasteiger partial charge in [0.1, 0.15) is 0 Å². The van der Waals surface area contributed by atoms with Crippen LogP contribution in [-0.4, -0.2) is 49.0 Å². The zero-order valence-corrected chi connectivity index (χ0v) is 13.1. The van der Waals surface area contributed by atoms with Gasteiger partial charge in [-0.1, -0.05) is 45.0 Å². The number of hydrogen-bond acceptors (Lipinski definition) is 3. The zero-order valence-electron chi connectivity index (χ0n) is 13.1. The smallest absolute Gasteiger partial charge is 0.0964 e. The van der Waals surface area contributed by atoms with Gasteiger partial charge in [-0.15, -0.1) is 0 Å².